The van der Waals surface area contributed by atoms with Crippen molar-refractivity contribution >= 4 is 27.0 Å². The molecular weight excluding hydrogens is 396 g/mol. The summed E-state index contributed by atoms with van der Waals surface area (Å²) in [6.07, 6.45) is 0.890. The highest BCUT2D eigenvalue weighted by molar-refractivity contribution is 9.10. The average Bonchev–Trinajstić information content (AvgIpc) is 3.21. The van der Waals surface area contributed by atoms with Gasteiger partial charge in [0.15, 0.2) is 0 Å². The van der Waals surface area contributed by atoms with E-state index in [0.717, 1.165) is 27.5 Å². The maximum Gasteiger partial charge on any atom is 0.329 e. The molecule has 2 aromatic carbocycles. The molecule has 0 aliphatic rings. The zero-order chi connectivity index (χ0) is 18.1. The second kappa shape index (κ2) is 6.92. The molecule has 6 nitrogen and oxygen atoms in total. The van der Waals surface area contributed by atoms with Gasteiger partial charge in [0.1, 0.15) is 6.54 Å². The van der Waals surface area contributed by atoms with E-state index in [-0.39, 0.29) is 12.2 Å². The van der Waals surface area contributed by atoms with Crippen LogP contribution in [0.1, 0.15) is 19.2 Å². The van der Waals surface area contributed by atoms with E-state index in [2.05, 4.69) is 33.0 Å². The van der Waals surface area contributed by atoms with Gasteiger partial charge in [-0.15, -0.1) is 0 Å². The molecule has 0 amide bonds. The SMILES string of the molecule is CCCn1c(=O)n(Cc2nc(-c3cccc(Br)c3)no2)c2ccccc21. The minimum absolute atomic E-state index is 0.0599. The number of para-hydroxylation sites is 2. The number of halogens is 1. The Morgan fingerprint density at radius 3 is 2.58 bits per heavy atom. The molecule has 0 saturated heterocycles. The lowest BCUT2D eigenvalue weighted by atomic mass is 10.2. The first kappa shape index (κ1) is 16.8. The summed E-state index contributed by atoms with van der Waals surface area (Å²) in [6.45, 7) is 2.98. The Hall–Kier alpha value is -2.67. The molecule has 0 saturated carbocycles. The Balaban J connectivity index is 1.72. The van der Waals surface area contributed by atoms with Crippen molar-refractivity contribution in [3.05, 3.63) is 69.4 Å². The number of hydrogen-bond donors (Lipinski definition) is 0. The molecule has 2 heterocycles. The first-order valence-electron chi connectivity index (χ1n) is 8.44. The van der Waals surface area contributed by atoms with Crippen LogP contribution in [-0.2, 0) is 13.1 Å². The van der Waals surface area contributed by atoms with Crippen LogP contribution in [0, 0.1) is 0 Å². The summed E-state index contributed by atoms with van der Waals surface area (Å²) >= 11 is 3.44. The fourth-order valence-corrected chi connectivity index (χ4v) is 3.46. The van der Waals surface area contributed by atoms with E-state index in [4.69, 9.17) is 4.52 Å². The number of aryl methyl sites for hydroxylation is 1. The highest BCUT2D eigenvalue weighted by atomic mass is 79.9. The Morgan fingerprint density at radius 1 is 1.08 bits per heavy atom. The minimum atomic E-state index is -0.0599. The van der Waals surface area contributed by atoms with E-state index in [1.54, 1.807) is 9.13 Å². The van der Waals surface area contributed by atoms with Crippen molar-refractivity contribution < 1.29 is 4.52 Å². The lowest BCUT2D eigenvalue weighted by molar-refractivity contribution is 0.370. The zero-order valence-electron chi connectivity index (χ0n) is 14.2. The monoisotopic (exact) mass is 412 g/mol. The van der Waals surface area contributed by atoms with Gasteiger partial charge in [-0.1, -0.05) is 52.3 Å². The summed E-state index contributed by atoms with van der Waals surface area (Å²) in [7, 11) is 0. The van der Waals surface area contributed by atoms with Gasteiger partial charge in [-0.25, -0.2) is 4.79 Å². The molecule has 0 fully saturated rings. The van der Waals surface area contributed by atoms with Crippen molar-refractivity contribution in [3.8, 4) is 11.4 Å². The quantitative estimate of drug-likeness (QED) is 0.495. The number of imidazole rings is 1. The Labute approximate surface area is 158 Å². The molecular formula is C19H17BrN4O2. The standard InChI is InChI=1S/C19H17BrN4O2/c1-2-10-23-15-8-3-4-9-16(15)24(19(23)25)12-17-21-18(22-26-17)13-6-5-7-14(20)11-13/h3-9,11H,2,10,12H2,1H3. The molecule has 7 heteroatoms. The normalized spacial score (nSPS) is 11.3. The van der Waals surface area contributed by atoms with Gasteiger partial charge in [-0.05, 0) is 30.7 Å². The summed E-state index contributed by atoms with van der Waals surface area (Å²) in [5.41, 5.74) is 2.59. The van der Waals surface area contributed by atoms with E-state index >= 15 is 0 Å². The van der Waals surface area contributed by atoms with E-state index in [1.807, 2.05) is 48.5 Å². The second-order valence-corrected chi connectivity index (χ2v) is 6.95. The van der Waals surface area contributed by atoms with Crippen LogP contribution in [0.15, 0.2) is 62.3 Å². The lowest BCUT2D eigenvalue weighted by Crippen LogP contribution is -2.24. The van der Waals surface area contributed by atoms with Crippen LogP contribution in [0.5, 0.6) is 0 Å². The van der Waals surface area contributed by atoms with Gasteiger partial charge in [-0.3, -0.25) is 9.13 Å². The van der Waals surface area contributed by atoms with Crippen molar-refractivity contribution in [2.24, 2.45) is 0 Å². The highest BCUT2D eigenvalue weighted by Gasteiger charge is 2.16. The van der Waals surface area contributed by atoms with Gasteiger partial charge >= 0.3 is 5.69 Å². The number of aromatic nitrogens is 4. The van der Waals surface area contributed by atoms with Gasteiger partial charge in [0.05, 0.1) is 11.0 Å². The molecule has 26 heavy (non-hydrogen) atoms. The molecule has 4 rings (SSSR count). The number of hydrogen-bond acceptors (Lipinski definition) is 4. The maximum atomic E-state index is 12.8. The number of nitrogens with zero attached hydrogens (tertiary/aromatic N) is 4. The molecule has 132 valence electrons. The van der Waals surface area contributed by atoms with Crippen molar-refractivity contribution in [1.82, 2.24) is 19.3 Å². The predicted molar refractivity (Wildman–Crippen MR) is 103 cm³/mol. The Bertz CT molecular complexity index is 1130. The molecule has 0 unspecified atom stereocenters. The van der Waals surface area contributed by atoms with Crippen LogP contribution in [0.25, 0.3) is 22.4 Å². The van der Waals surface area contributed by atoms with Crippen molar-refractivity contribution in [2.75, 3.05) is 0 Å². The molecule has 0 spiro atoms. The fourth-order valence-electron chi connectivity index (χ4n) is 3.06. The number of rotatable bonds is 5. The van der Waals surface area contributed by atoms with Crippen molar-refractivity contribution in [3.63, 3.8) is 0 Å². The van der Waals surface area contributed by atoms with E-state index in [1.165, 1.54) is 0 Å². The van der Waals surface area contributed by atoms with Crippen LogP contribution in [0.3, 0.4) is 0 Å². The number of fused-ring (bicyclic) bond motifs is 1. The molecule has 0 aliphatic heterocycles. The Kier molecular flexibility index (Phi) is 4.46. The molecule has 0 radical (unpaired) electrons. The third-order valence-electron chi connectivity index (χ3n) is 4.22. The minimum Gasteiger partial charge on any atom is -0.337 e. The summed E-state index contributed by atoms with van der Waals surface area (Å²) in [6, 6.07) is 15.5. The molecule has 0 atom stereocenters. The third-order valence-corrected chi connectivity index (χ3v) is 4.71. The summed E-state index contributed by atoms with van der Waals surface area (Å²) in [5.74, 6) is 0.910. The van der Waals surface area contributed by atoms with E-state index in [0.29, 0.717) is 18.3 Å². The van der Waals surface area contributed by atoms with E-state index in [9.17, 15) is 4.79 Å². The average molecular weight is 413 g/mol. The van der Waals surface area contributed by atoms with Crippen molar-refractivity contribution in [2.45, 2.75) is 26.4 Å². The smallest absolute Gasteiger partial charge is 0.329 e. The Morgan fingerprint density at radius 2 is 1.85 bits per heavy atom. The van der Waals surface area contributed by atoms with Gasteiger partial charge in [0, 0.05) is 16.6 Å². The van der Waals surface area contributed by atoms with Crippen LogP contribution in [-0.4, -0.2) is 19.3 Å². The summed E-state index contributed by atoms with van der Waals surface area (Å²) in [5, 5.41) is 4.05. The maximum absolute atomic E-state index is 12.8. The first-order valence-corrected chi connectivity index (χ1v) is 9.23. The largest absolute Gasteiger partial charge is 0.337 e. The van der Waals surface area contributed by atoms with Gasteiger partial charge in [-0.2, -0.15) is 4.98 Å². The van der Waals surface area contributed by atoms with E-state index < -0.39 is 0 Å². The van der Waals surface area contributed by atoms with Crippen LogP contribution in [0.4, 0.5) is 0 Å². The highest BCUT2D eigenvalue weighted by Crippen LogP contribution is 2.21. The summed E-state index contributed by atoms with van der Waals surface area (Å²) in [4.78, 5) is 17.3. The molecule has 0 bridgehead atoms. The topological polar surface area (TPSA) is 65.8 Å². The first-order chi connectivity index (χ1) is 12.7. The molecule has 2 aromatic heterocycles. The molecule has 0 N–H and O–H groups in total. The second-order valence-electron chi connectivity index (χ2n) is 6.03. The molecule has 0 aliphatic carbocycles. The van der Waals surface area contributed by atoms with Crippen LogP contribution in [0.2, 0.25) is 0 Å². The number of benzene rings is 2. The van der Waals surface area contributed by atoms with Crippen LogP contribution < -0.4 is 5.69 Å². The zero-order valence-corrected chi connectivity index (χ0v) is 15.8. The van der Waals surface area contributed by atoms with Crippen molar-refractivity contribution in [1.29, 1.82) is 0 Å². The fraction of sp³-hybridized carbons (Fsp3) is 0.211. The third kappa shape index (κ3) is 2.99. The lowest BCUT2D eigenvalue weighted by Gasteiger charge is -1.98. The van der Waals surface area contributed by atoms with Crippen LogP contribution >= 0.6 is 15.9 Å². The van der Waals surface area contributed by atoms with Gasteiger partial charge < -0.3 is 4.52 Å². The molecule has 4 aromatic rings. The summed E-state index contributed by atoms with van der Waals surface area (Å²) < 4.78 is 9.81. The van der Waals surface area contributed by atoms with Gasteiger partial charge in [0.25, 0.3) is 0 Å². The predicted octanol–water partition coefficient (Wildman–Crippen LogP) is 4.07. The van der Waals surface area contributed by atoms with Gasteiger partial charge in [0.2, 0.25) is 11.7 Å².